The molecule has 0 saturated carbocycles. The van der Waals surface area contributed by atoms with Crippen molar-refractivity contribution in [3.63, 3.8) is 0 Å². The summed E-state index contributed by atoms with van der Waals surface area (Å²) in [6.07, 6.45) is 0. The highest BCUT2D eigenvalue weighted by atomic mass is 79.9. The number of amides is 1. The fourth-order valence-electron chi connectivity index (χ4n) is 1.41. The molecule has 0 saturated heterocycles. The molecule has 0 aliphatic heterocycles. The van der Waals surface area contributed by atoms with E-state index in [1.165, 1.54) is 12.1 Å². The molecule has 20 heavy (non-hydrogen) atoms. The van der Waals surface area contributed by atoms with Crippen molar-refractivity contribution in [1.29, 1.82) is 0 Å². The Balaban J connectivity index is 2.30. The highest BCUT2D eigenvalue weighted by Gasteiger charge is 2.13. The monoisotopic (exact) mass is 380 g/mol. The minimum atomic E-state index is -0.898. The number of pyridine rings is 1. The lowest BCUT2D eigenvalue weighted by Crippen LogP contribution is -2.13. The molecule has 1 N–H and O–H groups in total. The number of anilines is 1. The van der Waals surface area contributed by atoms with Gasteiger partial charge in [0, 0.05) is 11.6 Å². The molecule has 1 aromatic carbocycles. The average molecular weight is 382 g/mol. The van der Waals surface area contributed by atoms with Gasteiger partial charge in [-0.15, -0.1) is 0 Å². The molecular weight excluding hydrogens is 377 g/mol. The van der Waals surface area contributed by atoms with Gasteiger partial charge in [-0.05, 0) is 34.1 Å². The number of benzene rings is 1. The van der Waals surface area contributed by atoms with Crippen LogP contribution in [0.4, 0.5) is 14.5 Å². The van der Waals surface area contributed by atoms with Gasteiger partial charge in [-0.1, -0.05) is 23.2 Å². The van der Waals surface area contributed by atoms with Crippen molar-refractivity contribution in [3.05, 3.63) is 56.2 Å². The van der Waals surface area contributed by atoms with Crippen molar-refractivity contribution in [2.75, 3.05) is 5.32 Å². The van der Waals surface area contributed by atoms with Crippen molar-refractivity contribution < 1.29 is 13.6 Å². The zero-order valence-electron chi connectivity index (χ0n) is 9.55. The lowest BCUT2D eigenvalue weighted by atomic mass is 10.2. The zero-order valence-corrected chi connectivity index (χ0v) is 12.7. The molecule has 2 aromatic rings. The normalized spacial score (nSPS) is 10.4. The minimum Gasteiger partial charge on any atom is -0.319 e. The van der Waals surface area contributed by atoms with Crippen LogP contribution in [0.15, 0.2) is 28.7 Å². The Labute approximate surface area is 131 Å². The molecule has 3 nitrogen and oxygen atoms in total. The topological polar surface area (TPSA) is 42.0 Å². The van der Waals surface area contributed by atoms with E-state index in [-0.39, 0.29) is 26.0 Å². The van der Waals surface area contributed by atoms with Crippen molar-refractivity contribution in [2.45, 2.75) is 0 Å². The fraction of sp³-hybridized carbons (Fsp3) is 0. The first-order chi connectivity index (χ1) is 9.36. The summed E-state index contributed by atoms with van der Waals surface area (Å²) in [6.45, 7) is 0. The van der Waals surface area contributed by atoms with Crippen LogP contribution in [0, 0.1) is 11.6 Å². The second-order valence-corrected chi connectivity index (χ2v) is 5.33. The van der Waals surface area contributed by atoms with Gasteiger partial charge in [0.15, 0.2) is 0 Å². The van der Waals surface area contributed by atoms with Crippen LogP contribution >= 0.6 is 39.1 Å². The number of nitrogens with one attached hydrogen (secondary N) is 1. The van der Waals surface area contributed by atoms with E-state index in [1.807, 2.05) is 0 Å². The lowest BCUT2D eigenvalue weighted by molar-refractivity contribution is 0.102. The summed E-state index contributed by atoms with van der Waals surface area (Å²) in [6, 6.07) is 4.33. The summed E-state index contributed by atoms with van der Waals surface area (Å²) >= 11 is 14.2. The summed E-state index contributed by atoms with van der Waals surface area (Å²) in [7, 11) is 0. The highest BCUT2D eigenvalue weighted by Crippen LogP contribution is 2.24. The molecule has 104 valence electrons. The molecule has 0 radical (unpaired) electrons. The first-order valence-electron chi connectivity index (χ1n) is 5.16. The van der Waals surface area contributed by atoms with Crippen molar-refractivity contribution in [3.8, 4) is 0 Å². The first-order valence-corrected chi connectivity index (χ1v) is 6.70. The zero-order chi connectivity index (χ0) is 14.9. The first kappa shape index (κ1) is 15.2. The largest absolute Gasteiger partial charge is 0.319 e. The summed E-state index contributed by atoms with van der Waals surface area (Å²) in [5.74, 6) is -2.31. The molecule has 0 aliphatic carbocycles. The van der Waals surface area contributed by atoms with E-state index in [4.69, 9.17) is 23.2 Å². The van der Waals surface area contributed by atoms with Crippen LogP contribution in [0.1, 0.15) is 10.4 Å². The number of hydrogen-bond donors (Lipinski definition) is 1. The Kier molecular flexibility index (Phi) is 4.57. The maximum absolute atomic E-state index is 13.5. The van der Waals surface area contributed by atoms with E-state index < -0.39 is 17.5 Å². The molecule has 1 aromatic heterocycles. The number of rotatable bonds is 2. The van der Waals surface area contributed by atoms with Gasteiger partial charge in [0.1, 0.15) is 21.9 Å². The van der Waals surface area contributed by atoms with Gasteiger partial charge in [0.25, 0.3) is 5.91 Å². The number of aromatic nitrogens is 1. The Morgan fingerprint density at radius 2 is 1.70 bits per heavy atom. The third-order valence-electron chi connectivity index (χ3n) is 2.28. The quantitative estimate of drug-likeness (QED) is 0.606. The summed E-state index contributed by atoms with van der Waals surface area (Å²) < 4.78 is 26.6. The average Bonchev–Trinajstić information content (AvgIpc) is 2.34. The van der Waals surface area contributed by atoms with Gasteiger partial charge >= 0.3 is 0 Å². The highest BCUT2D eigenvalue weighted by molar-refractivity contribution is 9.10. The van der Waals surface area contributed by atoms with Gasteiger partial charge in [0.05, 0.1) is 10.2 Å². The van der Waals surface area contributed by atoms with Gasteiger partial charge in [-0.3, -0.25) is 4.79 Å². The van der Waals surface area contributed by atoms with E-state index in [2.05, 4.69) is 26.2 Å². The van der Waals surface area contributed by atoms with Crippen LogP contribution in [0.3, 0.4) is 0 Å². The predicted molar refractivity (Wildman–Crippen MR) is 76.3 cm³/mol. The molecule has 0 aliphatic rings. The Morgan fingerprint density at radius 1 is 1.10 bits per heavy atom. The van der Waals surface area contributed by atoms with Crippen molar-refractivity contribution in [1.82, 2.24) is 4.98 Å². The number of halogens is 5. The van der Waals surface area contributed by atoms with Gasteiger partial charge in [-0.2, -0.15) is 0 Å². The van der Waals surface area contributed by atoms with Crippen LogP contribution in [0.5, 0.6) is 0 Å². The number of carbonyl (C=O) groups excluding carboxylic acids is 1. The molecule has 8 heteroatoms. The van der Waals surface area contributed by atoms with E-state index in [0.29, 0.717) is 6.07 Å². The second-order valence-electron chi connectivity index (χ2n) is 3.70. The standard InChI is InChI=1S/C12H5BrCl2F2N2O/c13-6-3-9(8(17)4-7(6)16)18-12(20)5-1-10(14)19-11(15)2-5/h1-4H,(H,18,20). The van der Waals surface area contributed by atoms with E-state index >= 15 is 0 Å². The minimum absolute atomic E-state index is 0.0278. The number of carbonyl (C=O) groups is 1. The van der Waals surface area contributed by atoms with E-state index in [1.54, 1.807) is 0 Å². The SMILES string of the molecule is O=C(Nc1cc(Br)c(F)cc1F)c1cc(Cl)nc(Cl)c1. The lowest BCUT2D eigenvalue weighted by Gasteiger charge is -2.08. The molecule has 0 atom stereocenters. The van der Waals surface area contributed by atoms with E-state index in [9.17, 15) is 13.6 Å². The molecule has 2 rings (SSSR count). The number of hydrogen-bond acceptors (Lipinski definition) is 2. The molecule has 1 amide bonds. The maximum atomic E-state index is 13.5. The Bertz CT molecular complexity index is 677. The van der Waals surface area contributed by atoms with Crippen molar-refractivity contribution >= 4 is 50.7 Å². The summed E-state index contributed by atoms with van der Waals surface area (Å²) in [5.41, 5.74) is -0.0674. The molecule has 0 fully saturated rings. The molecule has 0 bridgehead atoms. The maximum Gasteiger partial charge on any atom is 0.255 e. The molecular formula is C12H5BrCl2F2N2O. The molecule has 0 spiro atoms. The second kappa shape index (κ2) is 6.03. The Morgan fingerprint density at radius 3 is 2.30 bits per heavy atom. The fourth-order valence-corrected chi connectivity index (χ4v) is 2.21. The smallest absolute Gasteiger partial charge is 0.255 e. The summed E-state index contributed by atoms with van der Waals surface area (Å²) in [5, 5.41) is 2.36. The van der Waals surface area contributed by atoms with Crippen LogP contribution in [0.25, 0.3) is 0 Å². The van der Waals surface area contributed by atoms with Gasteiger partial charge < -0.3 is 5.32 Å². The van der Waals surface area contributed by atoms with Gasteiger partial charge in [0.2, 0.25) is 0 Å². The van der Waals surface area contributed by atoms with Crippen LogP contribution in [0.2, 0.25) is 10.3 Å². The van der Waals surface area contributed by atoms with Gasteiger partial charge in [-0.25, -0.2) is 13.8 Å². The van der Waals surface area contributed by atoms with Crippen LogP contribution < -0.4 is 5.32 Å². The molecule has 0 unspecified atom stereocenters. The predicted octanol–water partition coefficient (Wildman–Crippen LogP) is 4.68. The summed E-state index contributed by atoms with van der Waals surface area (Å²) in [4.78, 5) is 15.6. The van der Waals surface area contributed by atoms with Crippen LogP contribution in [-0.2, 0) is 0 Å². The third-order valence-corrected chi connectivity index (χ3v) is 3.28. The van der Waals surface area contributed by atoms with E-state index in [0.717, 1.165) is 6.07 Å². The Hall–Kier alpha value is -1.24. The van der Waals surface area contributed by atoms with Crippen molar-refractivity contribution in [2.24, 2.45) is 0 Å². The van der Waals surface area contributed by atoms with Crippen LogP contribution in [-0.4, -0.2) is 10.9 Å². The third kappa shape index (κ3) is 3.45. The number of nitrogens with zero attached hydrogens (tertiary/aromatic N) is 1. The molecule has 1 heterocycles.